The van der Waals surface area contributed by atoms with Gasteiger partial charge in [0.1, 0.15) is 11.4 Å². The first-order valence-electron chi connectivity index (χ1n) is 10.2. The number of likely N-dealkylation sites (tertiary alicyclic amines) is 1. The van der Waals surface area contributed by atoms with Gasteiger partial charge >= 0.3 is 6.09 Å². The van der Waals surface area contributed by atoms with Crippen LogP contribution < -0.4 is 10.1 Å². The van der Waals surface area contributed by atoms with Crippen molar-refractivity contribution >= 4 is 12.0 Å². The number of nitrogens with zero attached hydrogens (tertiary/aromatic N) is 2. The second-order valence-electron chi connectivity index (χ2n) is 8.72. The van der Waals surface area contributed by atoms with Gasteiger partial charge in [-0.25, -0.2) is 4.79 Å². The lowest BCUT2D eigenvalue weighted by molar-refractivity contribution is 0.0287. The van der Waals surface area contributed by atoms with Gasteiger partial charge < -0.3 is 19.7 Å². The quantitative estimate of drug-likeness (QED) is 0.837. The van der Waals surface area contributed by atoms with Crippen LogP contribution in [0.3, 0.4) is 0 Å². The van der Waals surface area contributed by atoms with E-state index in [1.807, 2.05) is 6.07 Å². The van der Waals surface area contributed by atoms with Crippen LogP contribution in [0.1, 0.15) is 56.8 Å². The van der Waals surface area contributed by atoms with E-state index in [9.17, 15) is 14.9 Å². The third-order valence-corrected chi connectivity index (χ3v) is 5.18. The zero-order valence-electron chi connectivity index (χ0n) is 17.3. The van der Waals surface area contributed by atoms with E-state index in [-0.39, 0.29) is 25.1 Å². The van der Waals surface area contributed by atoms with Gasteiger partial charge in [-0.15, -0.1) is 0 Å². The van der Waals surface area contributed by atoms with Gasteiger partial charge in [-0.1, -0.05) is 12.1 Å². The van der Waals surface area contributed by atoms with Gasteiger partial charge in [-0.3, -0.25) is 4.79 Å². The van der Waals surface area contributed by atoms with E-state index in [0.717, 1.165) is 25.7 Å². The van der Waals surface area contributed by atoms with Crippen LogP contribution in [0.5, 0.6) is 5.75 Å². The van der Waals surface area contributed by atoms with Gasteiger partial charge in [-0.2, -0.15) is 5.26 Å². The van der Waals surface area contributed by atoms with Crippen molar-refractivity contribution in [1.29, 1.82) is 5.26 Å². The second-order valence-corrected chi connectivity index (χ2v) is 8.72. The molecule has 2 fully saturated rings. The Hall–Kier alpha value is -2.75. The van der Waals surface area contributed by atoms with Crippen LogP contribution in [0.4, 0.5) is 4.79 Å². The summed E-state index contributed by atoms with van der Waals surface area (Å²) in [5, 5.41) is 12.4. The highest BCUT2D eigenvalue weighted by atomic mass is 16.6. The fourth-order valence-electron chi connectivity index (χ4n) is 3.75. The first kappa shape index (κ1) is 21.0. The topological polar surface area (TPSA) is 91.7 Å². The molecule has 2 amide bonds. The van der Waals surface area contributed by atoms with Gasteiger partial charge in [0.05, 0.1) is 29.7 Å². The van der Waals surface area contributed by atoms with Crippen molar-refractivity contribution in [3.63, 3.8) is 0 Å². The van der Waals surface area contributed by atoms with E-state index in [1.165, 1.54) is 4.90 Å². The number of benzene rings is 1. The molecule has 1 N–H and O–H groups in total. The van der Waals surface area contributed by atoms with Crippen LogP contribution in [0.15, 0.2) is 24.3 Å². The van der Waals surface area contributed by atoms with Crippen molar-refractivity contribution in [3.8, 4) is 11.8 Å². The molecule has 1 aromatic rings. The molecule has 0 bridgehead atoms. The molecule has 1 saturated carbocycles. The minimum absolute atomic E-state index is 0.143. The van der Waals surface area contributed by atoms with Crippen LogP contribution >= 0.6 is 0 Å². The van der Waals surface area contributed by atoms with Crippen LogP contribution in [0.25, 0.3) is 0 Å². The number of ether oxygens (including phenoxy) is 2. The molecule has 1 aliphatic carbocycles. The maximum Gasteiger partial charge on any atom is 0.410 e. The maximum absolute atomic E-state index is 12.9. The van der Waals surface area contributed by atoms with Gasteiger partial charge in [-0.05, 0) is 58.6 Å². The number of nitrogens with one attached hydrogen (secondary N) is 1. The highest BCUT2D eigenvalue weighted by Crippen LogP contribution is 2.27. The standard InChI is InChI=1S/C22H29N3O4/c1-22(2,3)29-21(27)25-13-15(12-23)18(14-25)24-20(26)17-10-6-7-11-19(17)28-16-8-4-5-9-16/h6-7,10-11,15-16,18H,4-5,8-9,13-14H2,1-3H3,(H,24,26)/t15-,18-/m1/s1. The fourth-order valence-corrected chi connectivity index (χ4v) is 3.75. The first-order chi connectivity index (χ1) is 13.8. The number of amides is 2. The molecule has 1 aromatic carbocycles. The van der Waals surface area contributed by atoms with Crippen molar-refractivity contribution in [1.82, 2.24) is 10.2 Å². The van der Waals surface area contributed by atoms with Gasteiger partial charge in [0.25, 0.3) is 5.91 Å². The largest absolute Gasteiger partial charge is 0.490 e. The number of nitriles is 1. The van der Waals surface area contributed by atoms with Crippen LogP contribution in [-0.2, 0) is 4.74 Å². The lowest BCUT2D eigenvalue weighted by Gasteiger charge is -2.24. The summed E-state index contributed by atoms with van der Waals surface area (Å²) in [6.45, 7) is 5.86. The van der Waals surface area contributed by atoms with E-state index in [2.05, 4.69) is 11.4 Å². The smallest absolute Gasteiger partial charge is 0.410 e. The summed E-state index contributed by atoms with van der Waals surface area (Å²) in [4.78, 5) is 26.7. The molecule has 2 aliphatic rings. The molecule has 29 heavy (non-hydrogen) atoms. The minimum atomic E-state index is -0.614. The Kier molecular flexibility index (Phi) is 6.31. The molecular weight excluding hydrogens is 370 g/mol. The molecule has 0 spiro atoms. The molecule has 7 heteroatoms. The second kappa shape index (κ2) is 8.73. The van der Waals surface area contributed by atoms with E-state index in [1.54, 1.807) is 39.0 Å². The molecule has 3 rings (SSSR count). The summed E-state index contributed by atoms with van der Waals surface area (Å²) in [5.41, 5.74) is -0.163. The minimum Gasteiger partial charge on any atom is -0.490 e. The summed E-state index contributed by atoms with van der Waals surface area (Å²) in [5.74, 6) is -0.225. The number of rotatable bonds is 4. The van der Waals surface area contributed by atoms with E-state index in [4.69, 9.17) is 9.47 Å². The number of hydrogen-bond donors (Lipinski definition) is 1. The lowest BCUT2D eigenvalue weighted by atomic mass is 10.1. The molecule has 7 nitrogen and oxygen atoms in total. The SMILES string of the molecule is CC(C)(C)OC(=O)N1C[C@@H](C#N)[C@H](NC(=O)c2ccccc2OC2CCCC2)C1. The maximum atomic E-state index is 12.9. The Morgan fingerprint density at radius 1 is 1.17 bits per heavy atom. The molecular formula is C22H29N3O4. The summed E-state index contributed by atoms with van der Waals surface area (Å²) in [6.07, 6.45) is 3.96. The van der Waals surface area contributed by atoms with Crippen molar-refractivity contribution in [2.75, 3.05) is 13.1 Å². The molecule has 1 saturated heterocycles. The molecule has 1 aliphatic heterocycles. The summed E-state index contributed by atoms with van der Waals surface area (Å²) < 4.78 is 11.4. The van der Waals surface area contributed by atoms with Crippen molar-refractivity contribution in [2.45, 2.75) is 64.2 Å². The Morgan fingerprint density at radius 2 is 1.86 bits per heavy atom. The summed E-state index contributed by atoms with van der Waals surface area (Å²) in [6, 6.07) is 8.90. The summed E-state index contributed by atoms with van der Waals surface area (Å²) in [7, 11) is 0. The molecule has 0 aromatic heterocycles. The Labute approximate surface area is 172 Å². The Bertz CT molecular complexity index is 790. The zero-order valence-corrected chi connectivity index (χ0v) is 17.3. The highest BCUT2D eigenvalue weighted by Gasteiger charge is 2.38. The highest BCUT2D eigenvalue weighted by molar-refractivity contribution is 5.97. The van der Waals surface area contributed by atoms with Crippen LogP contribution in [-0.4, -0.2) is 47.7 Å². The van der Waals surface area contributed by atoms with E-state index >= 15 is 0 Å². The zero-order chi connectivity index (χ0) is 21.0. The van der Waals surface area contributed by atoms with E-state index in [0.29, 0.717) is 11.3 Å². The Morgan fingerprint density at radius 3 is 2.52 bits per heavy atom. The lowest BCUT2D eigenvalue weighted by Crippen LogP contribution is -2.41. The average molecular weight is 399 g/mol. The normalized spacial score (nSPS) is 22.2. The van der Waals surface area contributed by atoms with Crippen molar-refractivity contribution in [2.24, 2.45) is 5.92 Å². The Balaban J connectivity index is 1.67. The summed E-state index contributed by atoms with van der Waals surface area (Å²) >= 11 is 0. The third kappa shape index (κ3) is 5.41. The van der Waals surface area contributed by atoms with Crippen molar-refractivity contribution in [3.05, 3.63) is 29.8 Å². The molecule has 156 valence electrons. The monoisotopic (exact) mass is 399 g/mol. The molecule has 0 radical (unpaired) electrons. The van der Waals surface area contributed by atoms with Crippen molar-refractivity contribution < 1.29 is 19.1 Å². The predicted molar refractivity (Wildman–Crippen MR) is 107 cm³/mol. The van der Waals surface area contributed by atoms with Gasteiger partial charge in [0.2, 0.25) is 0 Å². The van der Waals surface area contributed by atoms with Gasteiger partial charge in [0.15, 0.2) is 0 Å². The average Bonchev–Trinajstić information content (AvgIpc) is 3.30. The molecule has 1 heterocycles. The number of carbonyl (C=O) groups is 2. The van der Waals surface area contributed by atoms with Gasteiger partial charge in [0, 0.05) is 13.1 Å². The van der Waals surface area contributed by atoms with Crippen LogP contribution in [0, 0.1) is 17.2 Å². The first-order valence-corrected chi connectivity index (χ1v) is 10.2. The van der Waals surface area contributed by atoms with E-state index < -0.39 is 23.7 Å². The number of hydrogen-bond acceptors (Lipinski definition) is 5. The third-order valence-electron chi connectivity index (χ3n) is 5.18. The predicted octanol–water partition coefficient (Wildman–Crippen LogP) is 3.50. The molecule has 0 unspecified atom stereocenters. The van der Waals surface area contributed by atoms with Crippen LogP contribution in [0.2, 0.25) is 0 Å². The number of para-hydroxylation sites is 1. The number of carbonyl (C=O) groups excluding carboxylic acids is 2. The molecule has 2 atom stereocenters. The fraction of sp³-hybridized carbons (Fsp3) is 0.591.